The zero-order valence-corrected chi connectivity index (χ0v) is 7.01. The van der Waals surface area contributed by atoms with Gasteiger partial charge in [-0.05, 0) is 12.1 Å². The molecular formula is C9H11NO3. The van der Waals surface area contributed by atoms with E-state index in [1.807, 2.05) is 6.07 Å². The Bertz CT molecular complexity index is 273. The molecule has 0 amide bonds. The molecule has 1 aromatic rings. The van der Waals surface area contributed by atoms with Crippen LogP contribution in [0.1, 0.15) is 0 Å². The molecule has 0 aliphatic heterocycles. The molecule has 1 atom stereocenters. The Kier molecular flexibility index (Phi) is 3.28. The molecule has 0 fully saturated rings. The van der Waals surface area contributed by atoms with Gasteiger partial charge in [-0.15, -0.1) is 0 Å². The van der Waals surface area contributed by atoms with Gasteiger partial charge in [-0.3, -0.25) is 0 Å². The first-order chi connectivity index (χ1) is 6.24. The van der Waals surface area contributed by atoms with Gasteiger partial charge in [0.25, 0.3) is 0 Å². The first-order valence-corrected chi connectivity index (χ1v) is 3.88. The predicted molar refractivity (Wildman–Crippen MR) is 47.5 cm³/mol. The lowest BCUT2D eigenvalue weighted by Crippen LogP contribution is -2.34. The van der Waals surface area contributed by atoms with Crippen LogP contribution in [0.4, 0.5) is 0 Å². The molecule has 1 rings (SSSR count). The maximum Gasteiger partial charge on any atom is 0.346 e. The van der Waals surface area contributed by atoms with Gasteiger partial charge in [0, 0.05) is 6.54 Å². The van der Waals surface area contributed by atoms with Crippen LogP contribution >= 0.6 is 0 Å². The van der Waals surface area contributed by atoms with Crippen molar-refractivity contribution in [3.8, 4) is 5.75 Å². The van der Waals surface area contributed by atoms with Gasteiger partial charge in [0.15, 0.2) is 0 Å². The Hall–Kier alpha value is -1.55. The van der Waals surface area contributed by atoms with Gasteiger partial charge in [0.2, 0.25) is 6.10 Å². The zero-order valence-electron chi connectivity index (χ0n) is 7.01. The van der Waals surface area contributed by atoms with E-state index in [0.717, 1.165) is 0 Å². The molecule has 3 N–H and O–H groups in total. The Balaban J connectivity index is 2.62. The number of hydrogen-bond acceptors (Lipinski definition) is 3. The van der Waals surface area contributed by atoms with Crippen LogP contribution in [0.15, 0.2) is 30.3 Å². The molecule has 0 heterocycles. The molecule has 0 spiro atoms. The summed E-state index contributed by atoms with van der Waals surface area (Å²) in [7, 11) is 0. The number of aliphatic carboxylic acids is 1. The van der Waals surface area contributed by atoms with Crippen LogP contribution in [0.5, 0.6) is 5.75 Å². The first kappa shape index (κ1) is 9.54. The third kappa shape index (κ3) is 2.76. The van der Waals surface area contributed by atoms with Crippen molar-refractivity contribution in [2.45, 2.75) is 6.10 Å². The summed E-state index contributed by atoms with van der Waals surface area (Å²) < 4.78 is 5.10. The maximum atomic E-state index is 10.5. The molecule has 1 aromatic carbocycles. The lowest BCUT2D eigenvalue weighted by molar-refractivity contribution is -0.144. The number of para-hydroxylation sites is 1. The Labute approximate surface area is 75.9 Å². The van der Waals surface area contributed by atoms with E-state index in [0.29, 0.717) is 5.75 Å². The summed E-state index contributed by atoms with van der Waals surface area (Å²) >= 11 is 0. The molecule has 0 radical (unpaired) electrons. The molecule has 0 saturated carbocycles. The normalized spacial score (nSPS) is 12.1. The van der Waals surface area contributed by atoms with Crippen molar-refractivity contribution < 1.29 is 14.6 Å². The monoisotopic (exact) mass is 181 g/mol. The number of carbonyl (C=O) groups is 1. The number of carboxylic acids is 1. The van der Waals surface area contributed by atoms with Crippen molar-refractivity contribution in [1.82, 2.24) is 0 Å². The van der Waals surface area contributed by atoms with Crippen molar-refractivity contribution in [2.75, 3.05) is 6.54 Å². The predicted octanol–water partition coefficient (Wildman–Crippen LogP) is 0.477. The van der Waals surface area contributed by atoms with Crippen molar-refractivity contribution in [3.63, 3.8) is 0 Å². The van der Waals surface area contributed by atoms with E-state index < -0.39 is 12.1 Å². The highest BCUT2D eigenvalue weighted by Gasteiger charge is 2.16. The van der Waals surface area contributed by atoms with E-state index in [4.69, 9.17) is 15.6 Å². The third-order valence-corrected chi connectivity index (χ3v) is 1.51. The molecule has 0 aliphatic carbocycles. The smallest absolute Gasteiger partial charge is 0.346 e. The number of nitrogens with two attached hydrogens (primary N) is 1. The van der Waals surface area contributed by atoms with E-state index in [1.54, 1.807) is 24.3 Å². The molecule has 0 saturated heterocycles. The van der Waals surface area contributed by atoms with Crippen molar-refractivity contribution in [1.29, 1.82) is 0 Å². The largest absolute Gasteiger partial charge is 0.478 e. The van der Waals surface area contributed by atoms with E-state index in [-0.39, 0.29) is 6.54 Å². The van der Waals surface area contributed by atoms with E-state index >= 15 is 0 Å². The highest BCUT2D eigenvalue weighted by molar-refractivity contribution is 5.73. The van der Waals surface area contributed by atoms with E-state index in [2.05, 4.69) is 0 Å². The number of ether oxygens (including phenoxy) is 1. The number of carboxylic acid groups (broad SMARTS) is 1. The summed E-state index contributed by atoms with van der Waals surface area (Å²) in [4.78, 5) is 10.5. The Morgan fingerprint density at radius 2 is 2.08 bits per heavy atom. The lowest BCUT2D eigenvalue weighted by atomic mass is 10.3. The molecular weight excluding hydrogens is 170 g/mol. The Morgan fingerprint density at radius 1 is 1.46 bits per heavy atom. The first-order valence-electron chi connectivity index (χ1n) is 3.88. The third-order valence-electron chi connectivity index (χ3n) is 1.51. The van der Waals surface area contributed by atoms with Gasteiger partial charge in [-0.2, -0.15) is 0 Å². The molecule has 70 valence electrons. The molecule has 0 bridgehead atoms. The second-order valence-electron chi connectivity index (χ2n) is 2.49. The SMILES string of the molecule is NCC(Oc1ccccc1)C(=O)O. The van der Waals surface area contributed by atoms with Crippen LogP contribution in [0.2, 0.25) is 0 Å². The lowest BCUT2D eigenvalue weighted by Gasteiger charge is -2.12. The highest BCUT2D eigenvalue weighted by Crippen LogP contribution is 2.10. The van der Waals surface area contributed by atoms with Crippen LogP contribution in [-0.2, 0) is 4.79 Å². The van der Waals surface area contributed by atoms with E-state index in [9.17, 15) is 4.79 Å². The second-order valence-corrected chi connectivity index (χ2v) is 2.49. The topological polar surface area (TPSA) is 72.5 Å². The fourth-order valence-electron chi connectivity index (χ4n) is 0.863. The van der Waals surface area contributed by atoms with Gasteiger partial charge < -0.3 is 15.6 Å². The minimum Gasteiger partial charge on any atom is -0.478 e. The fraction of sp³-hybridized carbons (Fsp3) is 0.222. The Morgan fingerprint density at radius 3 is 2.54 bits per heavy atom. The van der Waals surface area contributed by atoms with Crippen molar-refractivity contribution >= 4 is 5.97 Å². The molecule has 13 heavy (non-hydrogen) atoms. The summed E-state index contributed by atoms with van der Waals surface area (Å²) in [5, 5.41) is 8.63. The van der Waals surface area contributed by atoms with Crippen molar-refractivity contribution in [3.05, 3.63) is 30.3 Å². The van der Waals surface area contributed by atoms with Crippen LogP contribution in [0.3, 0.4) is 0 Å². The minimum absolute atomic E-state index is 0.0375. The second kappa shape index (κ2) is 4.47. The van der Waals surface area contributed by atoms with Gasteiger partial charge in [-0.1, -0.05) is 18.2 Å². The van der Waals surface area contributed by atoms with Crippen LogP contribution in [-0.4, -0.2) is 23.7 Å². The highest BCUT2D eigenvalue weighted by atomic mass is 16.5. The summed E-state index contributed by atoms with van der Waals surface area (Å²) in [6, 6.07) is 8.73. The molecule has 4 nitrogen and oxygen atoms in total. The standard InChI is InChI=1S/C9H11NO3/c10-6-8(9(11)12)13-7-4-2-1-3-5-7/h1-5,8H,6,10H2,(H,11,12). The van der Waals surface area contributed by atoms with Gasteiger partial charge in [0.1, 0.15) is 5.75 Å². The average molecular weight is 181 g/mol. The average Bonchev–Trinajstić information content (AvgIpc) is 2.15. The van der Waals surface area contributed by atoms with Crippen LogP contribution in [0, 0.1) is 0 Å². The summed E-state index contributed by atoms with van der Waals surface area (Å²) in [5.74, 6) is -0.535. The van der Waals surface area contributed by atoms with Gasteiger partial charge >= 0.3 is 5.97 Å². The quantitative estimate of drug-likeness (QED) is 0.708. The van der Waals surface area contributed by atoms with E-state index in [1.165, 1.54) is 0 Å². The number of benzene rings is 1. The molecule has 0 aliphatic rings. The number of hydrogen-bond donors (Lipinski definition) is 2. The van der Waals surface area contributed by atoms with Crippen LogP contribution in [0.25, 0.3) is 0 Å². The molecule has 4 heteroatoms. The number of rotatable bonds is 4. The van der Waals surface area contributed by atoms with Gasteiger partial charge in [-0.25, -0.2) is 4.79 Å². The molecule has 1 unspecified atom stereocenters. The van der Waals surface area contributed by atoms with Crippen LogP contribution < -0.4 is 10.5 Å². The van der Waals surface area contributed by atoms with Gasteiger partial charge in [0.05, 0.1) is 0 Å². The maximum absolute atomic E-state index is 10.5. The van der Waals surface area contributed by atoms with Crippen molar-refractivity contribution in [2.24, 2.45) is 5.73 Å². The minimum atomic E-state index is -1.05. The molecule has 0 aromatic heterocycles. The fourth-order valence-corrected chi connectivity index (χ4v) is 0.863. The zero-order chi connectivity index (χ0) is 9.68. The summed E-state index contributed by atoms with van der Waals surface area (Å²) in [5.41, 5.74) is 5.22. The summed E-state index contributed by atoms with van der Waals surface area (Å²) in [6.45, 7) is -0.0375. The summed E-state index contributed by atoms with van der Waals surface area (Å²) in [6.07, 6.45) is -0.970.